The molecule has 2 aromatic heterocycles. The van der Waals surface area contributed by atoms with Crippen molar-refractivity contribution in [1.82, 2.24) is 19.7 Å². The van der Waals surface area contributed by atoms with Crippen molar-refractivity contribution in [3.63, 3.8) is 0 Å². The summed E-state index contributed by atoms with van der Waals surface area (Å²) in [5.41, 5.74) is 1.81. The van der Waals surface area contributed by atoms with Crippen LogP contribution in [0, 0.1) is 18.8 Å². The van der Waals surface area contributed by atoms with E-state index in [0.717, 1.165) is 17.2 Å². The Bertz CT molecular complexity index is 600. The molecule has 1 aliphatic carbocycles. The first kappa shape index (κ1) is 11.0. The van der Waals surface area contributed by atoms with Gasteiger partial charge in [-0.15, -0.1) is 0 Å². The van der Waals surface area contributed by atoms with E-state index in [0.29, 0.717) is 12.5 Å². The molecule has 18 heavy (non-hydrogen) atoms. The maximum absolute atomic E-state index is 4.50. The Balaban J connectivity index is 1.77. The average Bonchev–Trinajstić information content (AvgIpc) is 3.08. The minimum absolute atomic E-state index is 0.566. The van der Waals surface area contributed by atoms with Crippen molar-refractivity contribution < 1.29 is 0 Å². The minimum atomic E-state index is 0.566. The highest BCUT2D eigenvalue weighted by Gasteiger charge is 2.26. The second kappa shape index (κ2) is 4.61. The fourth-order valence-corrected chi connectivity index (χ4v) is 1.78. The largest absolute Gasteiger partial charge is 0.261 e. The smallest absolute Gasteiger partial charge is 0.133 e. The summed E-state index contributed by atoms with van der Waals surface area (Å²) in [5.74, 6) is 7.69. The fourth-order valence-electron chi connectivity index (χ4n) is 1.78. The molecule has 0 bridgehead atoms. The summed E-state index contributed by atoms with van der Waals surface area (Å²) in [6.07, 6.45) is 6.07. The number of aromatic nitrogens is 4. The van der Waals surface area contributed by atoms with Gasteiger partial charge in [0.2, 0.25) is 0 Å². The van der Waals surface area contributed by atoms with Gasteiger partial charge in [0.05, 0.1) is 0 Å². The predicted molar refractivity (Wildman–Crippen MR) is 67.8 cm³/mol. The third-order valence-corrected chi connectivity index (χ3v) is 2.83. The standard InChI is InChI=1S/C14H14N4/c1-11-10-13(17-14(16-11)12-5-6-12)4-2-8-18-9-3-7-15-18/h3,7,9-10,12H,5-6,8H2,1H3. The molecule has 3 rings (SSSR count). The highest BCUT2D eigenvalue weighted by Crippen LogP contribution is 2.37. The van der Waals surface area contributed by atoms with Crippen LogP contribution in [0.1, 0.15) is 36.0 Å². The van der Waals surface area contributed by atoms with Crippen molar-refractivity contribution in [3.8, 4) is 11.8 Å². The summed E-state index contributed by atoms with van der Waals surface area (Å²) >= 11 is 0. The van der Waals surface area contributed by atoms with E-state index in [2.05, 4.69) is 26.9 Å². The summed E-state index contributed by atoms with van der Waals surface area (Å²) in [6.45, 7) is 2.58. The molecular formula is C14H14N4. The van der Waals surface area contributed by atoms with E-state index in [1.165, 1.54) is 12.8 Å². The van der Waals surface area contributed by atoms with Gasteiger partial charge in [-0.1, -0.05) is 5.92 Å². The predicted octanol–water partition coefficient (Wildman–Crippen LogP) is 1.91. The van der Waals surface area contributed by atoms with Crippen molar-refractivity contribution in [2.75, 3.05) is 0 Å². The van der Waals surface area contributed by atoms with Crippen LogP contribution in [0.4, 0.5) is 0 Å². The third kappa shape index (κ3) is 2.57. The fraction of sp³-hybridized carbons (Fsp3) is 0.357. The molecule has 90 valence electrons. The van der Waals surface area contributed by atoms with Gasteiger partial charge in [0.15, 0.2) is 0 Å². The molecule has 4 heteroatoms. The number of hydrogen-bond acceptors (Lipinski definition) is 3. The van der Waals surface area contributed by atoms with Crippen molar-refractivity contribution in [2.24, 2.45) is 0 Å². The van der Waals surface area contributed by atoms with E-state index in [1.54, 1.807) is 10.9 Å². The van der Waals surface area contributed by atoms with Gasteiger partial charge in [0.1, 0.15) is 18.1 Å². The quantitative estimate of drug-likeness (QED) is 0.751. The highest BCUT2D eigenvalue weighted by molar-refractivity contribution is 5.30. The molecule has 2 heterocycles. The lowest BCUT2D eigenvalue weighted by molar-refractivity contribution is 0.715. The molecule has 2 aromatic rings. The van der Waals surface area contributed by atoms with Gasteiger partial charge < -0.3 is 0 Å². The Morgan fingerprint density at radius 2 is 2.28 bits per heavy atom. The van der Waals surface area contributed by atoms with Gasteiger partial charge >= 0.3 is 0 Å². The summed E-state index contributed by atoms with van der Waals surface area (Å²) in [7, 11) is 0. The van der Waals surface area contributed by atoms with Crippen LogP contribution in [0.15, 0.2) is 24.5 Å². The number of hydrogen-bond donors (Lipinski definition) is 0. The van der Waals surface area contributed by atoms with Crippen LogP contribution >= 0.6 is 0 Å². The molecule has 4 nitrogen and oxygen atoms in total. The minimum Gasteiger partial charge on any atom is -0.261 e. The number of aryl methyl sites for hydroxylation is 1. The van der Waals surface area contributed by atoms with Gasteiger partial charge in [-0.2, -0.15) is 5.10 Å². The monoisotopic (exact) mass is 238 g/mol. The molecular weight excluding hydrogens is 224 g/mol. The van der Waals surface area contributed by atoms with Crippen molar-refractivity contribution in [1.29, 1.82) is 0 Å². The molecule has 0 N–H and O–H groups in total. The molecule has 1 saturated carbocycles. The van der Waals surface area contributed by atoms with Gasteiger partial charge in [-0.05, 0) is 37.8 Å². The lowest BCUT2D eigenvalue weighted by Gasteiger charge is -1.99. The Morgan fingerprint density at radius 1 is 1.39 bits per heavy atom. The van der Waals surface area contributed by atoms with Gasteiger partial charge in [-0.3, -0.25) is 4.68 Å². The number of nitrogens with zero attached hydrogens (tertiary/aromatic N) is 4. The summed E-state index contributed by atoms with van der Waals surface area (Å²) in [4.78, 5) is 8.96. The van der Waals surface area contributed by atoms with Gasteiger partial charge in [0.25, 0.3) is 0 Å². The summed E-state index contributed by atoms with van der Waals surface area (Å²) in [5, 5.41) is 4.10. The van der Waals surface area contributed by atoms with E-state index >= 15 is 0 Å². The maximum atomic E-state index is 4.50. The van der Waals surface area contributed by atoms with Crippen molar-refractivity contribution in [3.05, 3.63) is 41.7 Å². The van der Waals surface area contributed by atoms with E-state index in [4.69, 9.17) is 0 Å². The number of rotatable bonds is 2. The topological polar surface area (TPSA) is 43.6 Å². The van der Waals surface area contributed by atoms with E-state index < -0.39 is 0 Å². The zero-order valence-corrected chi connectivity index (χ0v) is 10.3. The van der Waals surface area contributed by atoms with Crippen LogP contribution < -0.4 is 0 Å². The summed E-state index contributed by atoms with van der Waals surface area (Å²) in [6, 6.07) is 3.82. The van der Waals surface area contributed by atoms with Crippen molar-refractivity contribution >= 4 is 0 Å². The van der Waals surface area contributed by atoms with Crippen molar-refractivity contribution in [2.45, 2.75) is 32.2 Å². The molecule has 0 saturated heterocycles. The van der Waals surface area contributed by atoms with Crippen LogP contribution in [0.3, 0.4) is 0 Å². The molecule has 0 amide bonds. The molecule has 0 radical (unpaired) electrons. The second-order valence-electron chi connectivity index (χ2n) is 4.53. The average molecular weight is 238 g/mol. The van der Waals surface area contributed by atoms with E-state index in [1.807, 2.05) is 25.3 Å². The Labute approximate surface area is 106 Å². The molecule has 0 aromatic carbocycles. The van der Waals surface area contributed by atoms with Crippen LogP contribution in [-0.2, 0) is 6.54 Å². The van der Waals surface area contributed by atoms with Crippen LogP contribution in [0.2, 0.25) is 0 Å². The molecule has 1 fully saturated rings. The first-order chi connectivity index (χ1) is 8.81. The third-order valence-electron chi connectivity index (χ3n) is 2.83. The normalized spacial score (nSPS) is 14.1. The Morgan fingerprint density at radius 3 is 3.00 bits per heavy atom. The molecule has 0 atom stereocenters. The molecule has 0 aliphatic heterocycles. The Hall–Kier alpha value is -2.15. The molecule has 0 spiro atoms. The van der Waals surface area contributed by atoms with Crippen LogP contribution in [0.25, 0.3) is 0 Å². The lowest BCUT2D eigenvalue weighted by atomic mass is 10.3. The van der Waals surface area contributed by atoms with Crippen LogP contribution in [0.5, 0.6) is 0 Å². The Kier molecular flexibility index (Phi) is 2.81. The molecule has 0 unspecified atom stereocenters. The van der Waals surface area contributed by atoms with Crippen LogP contribution in [-0.4, -0.2) is 19.7 Å². The lowest BCUT2D eigenvalue weighted by Crippen LogP contribution is -1.98. The molecule has 1 aliphatic rings. The zero-order chi connectivity index (χ0) is 12.4. The highest BCUT2D eigenvalue weighted by atomic mass is 15.3. The first-order valence-corrected chi connectivity index (χ1v) is 6.13. The summed E-state index contributed by atoms with van der Waals surface area (Å²) < 4.78 is 1.79. The zero-order valence-electron chi connectivity index (χ0n) is 10.3. The van der Waals surface area contributed by atoms with E-state index in [-0.39, 0.29) is 0 Å². The van der Waals surface area contributed by atoms with E-state index in [9.17, 15) is 0 Å². The maximum Gasteiger partial charge on any atom is 0.133 e. The second-order valence-corrected chi connectivity index (χ2v) is 4.53. The first-order valence-electron chi connectivity index (χ1n) is 6.13. The SMILES string of the molecule is Cc1cc(C#CCn2cccn2)nc(C2CC2)n1. The van der Waals surface area contributed by atoms with Gasteiger partial charge in [0, 0.05) is 24.0 Å². The van der Waals surface area contributed by atoms with Gasteiger partial charge in [-0.25, -0.2) is 9.97 Å².